The van der Waals surface area contributed by atoms with Crippen LogP contribution in [0.1, 0.15) is 44.1 Å². The second-order valence-electron chi connectivity index (χ2n) is 8.35. The highest BCUT2D eigenvalue weighted by Gasteiger charge is 2.34. The van der Waals surface area contributed by atoms with Crippen molar-refractivity contribution in [2.24, 2.45) is 10.7 Å². The molecule has 168 valence electrons. The fraction of sp³-hybridized carbons (Fsp3) is 0.696. The molecule has 0 atom stereocenters. The number of hydrogen-bond donors (Lipinski definition) is 2. The number of aliphatic imine (C=N–C) groups is 1. The average Bonchev–Trinajstić information content (AvgIpc) is 2.81. The zero-order chi connectivity index (χ0) is 21.2. The van der Waals surface area contributed by atoms with Crippen LogP contribution in [0.2, 0.25) is 0 Å². The lowest BCUT2D eigenvalue weighted by Crippen LogP contribution is -2.40. The van der Waals surface area contributed by atoms with Gasteiger partial charge in [-0.3, -0.25) is 9.89 Å². The van der Waals surface area contributed by atoms with Crippen molar-refractivity contribution in [2.45, 2.75) is 43.9 Å². The summed E-state index contributed by atoms with van der Waals surface area (Å²) in [5.41, 5.74) is 7.49. The molecule has 1 aromatic rings. The van der Waals surface area contributed by atoms with E-state index in [1.54, 1.807) is 14.2 Å². The minimum absolute atomic E-state index is 0.0118. The van der Waals surface area contributed by atoms with Crippen molar-refractivity contribution in [1.29, 1.82) is 0 Å². The van der Waals surface area contributed by atoms with Crippen molar-refractivity contribution >= 4 is 5.96 Å². The Labute approximate surface area is 181 Å². The third-order valence-corrected chi connectivity index (χ3v) is 6.42. The summed E-state index contributed by atoms with van der Waals surface area (Å²) in [6.45, 7) is 6.35. The zero-order valence-electron chi connectivity index (χ0n) is 18.6. The van der Waals surface area contributed by atoms with E-state index in [-0.39, 0.29) is 5.41 Å². The van der Waals surface area contributed by atoms with Crippen LogP contribution >= 0.6 is 0 Å². The van der Waals surface area contributed by atoms with Gasteiger partial charge in [-0.1, -0.05) is 25.3 Å². The number of ether oxygens (including phenoxy) is 3. The molecule has 0 unspecified atom stereocenters. The van der Waals surface area contributed by atoms with E-state index >= 15 is 0 Å². The predicted octanol–water partition coefficient (Wildman–Crippen LogP) is 2.53. The predicted molar refractivity (Wildman–Crippen MR) is 121 cm³/mol. The van der Waals surface area contributed by atoms with E-state index in [0.29, 0.717) is 12.5 Å². The maximum absolute atomic E-state index is 6.21. The Morgan fingerprint density at radius 1 is 1.13 bits per heavy atom. The van der Waals surface area contributed by atoms with Crippen molar-refractivity contribution in [3.05, 3.63) is 23.8 Å². The molecule has 7 heteroatoms. The lowest BCUT2D eigenvalue weighted by molar-refractivity contribution is 0.0376. The second-order valence-corrected chi connectivity index (χ2v) is 8.35. The molecule has 1 saturated carbocycles. The normalized spacial score (nSPS) is 20.0. The summed E-state index contributed by atoms with van der Waals surface area (Å²) < 4.78 is 16.4. The maximum Gasteiger partial charge on any atom is 0.188 e. The molecule has 1 saturated heterocycles. The van der Waals surface area contributed by atoms with Gasteiger partial charge in [0.25, 0.3) is 0 Å². The Balaban J connectivity index is 1.58. The van der Waals surface area contributed by atoms with Gasteiger partial charge in [-0.15, -0.1) is 0 Å². The number of morpholine rings is 1. The largest absolute Gasteiger partial charge is 0.493 e. The van der Waals surface area contributed by atoms with E-state index in [1.807, 2.05) is 6.07 Å². The van der Waals surface area contributed by atoms with Gasteiger partial charge < -0.3 is 25.3 Å². The highest BCUT2D eigenvalue weighted by molar-refractivity contribution is 5.77. The van der Waals surface area contributed by atoms with Crippen molar-refractivity contribution in [3.63, 3.8) is 0 Å². The average molecular weight is 419 g/mol. The SMILES string of the molecule is COc1ccc(C2(CN=C(N)NCCCN3CCOCC3)CCCCC2)cc1OC. The first kappa shape index (κ1) is 22.7. The van der Waals surface area contributed by atoms with Crippen LogP contribution in [0.15, 0.2) is 23.2 Å². The van der Waals surface area contributed by atoms with E-state index in [1.165, 1.54) is 24.8 Å². The molecule has 1 aliphatic carbocycles. The quantitative estimate of drug-likeness (QED) is 0.364. The fourth-order valence-electron chi connectivity index (χ4n) is 4.57. The third-order valence-electron chi connectivity index (χ3n) is 6.42. The van der Waals surface area contributed by atoms with Crippen LogP contribution in [0.25, 0.3) is 0 Å². The molecule has 0 aromatic heterocycles. The van der Waals surface area contributed by atoms with E-state index < -0.39 is 0 Å². The zero-order valence-corrected chi connectivity index (χ0v) is 18.6. The molecule has 2 aliphatic rings. The van der Waals surface area contributed by atoms with Gasteiger partial charge in [-0.25, -0.2) is 0 Å². The molecule has 0 spiro atoms. The fourth-order valence-corrected chi connectivity index (χ4v) is 4.57. The molecule has 3 N–H and O–H groups in total. The van der Waals surface area contributed by atoms with Crippen LogP contribution in [0, 0.1) is 0 Å². The summed E-state index contributed by atoms with van der Waals surface area (Å²) >= 11 is 0. The van der Waals surface area contributed by atoms with Gasteiger partial charge in [0.05, 0.1) is 34.0 Å². The Hall–Kier alpha value is -1.99. The first-order valence-electron chi connectivity index (χ1n) is 11.2. The van der Waals surface area contributed by atoms with Gasteiger partial charge in [-0.2, -0.15) is 0 Å². The summed E-state index contributed by atoms with van der Waals surface area (Å²) in [4.78, 5) is 7.19. The van der Waals surface area contributed by atoms with E-state index in [0.717, 1.165) is 70.2 Å². The van der Waals surface area contributed by atoms with Gasteiger partial charge in [0.15, 0.2) is 17.5 Å². The van der Waals surface area contributed by atoms with Gasteiger partial charge >= 0.3 is 0 Å². The number of nitrogens with zero attached hydrogens (tertiary/aromatic N) is 2. The monoisotopic (exact) mass is 418 g/mol. The number of hydrogen-bond acceptors (Lipinski definition) is 5. The lowest BCUT2D eigenvalue weighted by Gasteiger charge is -2.37. The number of methoxy groups -OCH3 is 2. The minimum Gasteiger partial charge on any atom is -0.493 e. The first-order chi connectivity index (χ1) is 14.7. The number of guanidine groups is 1. The molecular weight excluding hydrogens is 380 g/mol. The minimum atomic E-state index is 0.0118. The van der Waals surface area contributed by atoms with Crippen LogP contribution in [0.5, 0.6) is 11.5 Å². The summed E-state index contributed by atoms with van der Waals surface area (Å²) in [6.07, 6.45) is 7.02. The molecule has 30 heavy (non-hydrogen) atoms. The van der Waals surface area contributed by atoms with Gasteiger partial charge in [0, 0.05) is 25.0 Å². The molecule has 1 heterocycles. The Kier molecular flexibility index (Phi) is 8.63. The highest BCUT2D eigenvalue weighted by Crippen LogP contribution is 2.42. The lowest BCUT2D eigenvalue weighted by atomic mass is 9.69. The molecule has 0 amide bonds. The van der Waals surface area contributed by atoms with Crippen molar-refractivity contribution in [1.82, 2.24) is 10.2 Å². The number of nitrogens with one attached hydrogen (secondary N) is 1. The molecular formula is C23H38N4O3. The van der Waals surface area contributed by atoms with Gasteiger partial charge in [0.1, 0.15) is 0 Å². The van der Waals surface area contributed by atoms with E-state index in [4.69, 9.17) is 24.9 Å². The third kappa shape index (κ3) is 6.01. The summed E-state index contributed by atoms with van der Waals surface area (Å²) in [5, 5.41) is 3.30. The smallest absolute Gasteiger partial charge is 0.188 e. The standard InChI is InChI=1S/C23H38N4O3/c1-28-20-8-7-19(17-21(20)29-2)23(9-4-3-5-10-23)18-26-22(24)25-11-6-12-27-13-15-30-16-14-27/h7-8,17H,3-6,9-16,18H2,1-2H3,(H3,24,25,26). The summed E-state index contributed by atoms with van der Waals surface area (Å²) in [5.74, 6) is 2.08. The number of rotatable bonds is 9. The molecule has 2 fully saturated rings. The Bertz CT molecular complexity index is 683. The molecule has 1 aromatic carbocycles. The second kappa shape index (κ2) is 11.4. The van der Waals surface area contributed by atoms with Crippen LogP contribution in [-0.4, -0.2) is 71.0 Å². The van der Waals surface area contributed by atoms with Crippen LogP contribution in [0.3, 0.4) is 0 Å². The van der Waals surface area contributed by atoms with Crippen LogP contribution in [0.4, 0.5) is 0 Å². The Morgan fingerprint density at radius 2 is 1.87 bits per heavy atom. The van der Waals surface area contributed by atoms with Crippen LogP contribution < -0.4 is 20.5 Å². The van der Waals surface area contributed by atoms with E-state index in [2.05, 4.69) is 22.3 Å². The van der Waals surface area contributed by atoms with Crippen LogP contribution in [-0.2, 0) is 10.2 Å². The van der Waals surface area contributed by atoms with Crippen molar-refractivity contribution < 1.29 is 14.2 Å². The van der Waals surface area contributed by atoms with Crippen molar-refractivity contribution in [2.75, 3.05) is 60.2 Å². The van der Waals surface area contributed by atoms with Gasteiger partial charge in [0.2, 0.25) is 0 Å². The number of nitrogens with two attached hydrogens (primary N) is 1. The topological polar surface area (TPSA) is 81.3 Å². The maximum atomic E-state index is 6.21. The molecule has 3 rings (SSSR count). The number of benzene rings is 1. The molecule has 7 nitrogen and oxygen atoms in total. The molecule has 0 bridgehead atoms. The Morgan fingerprint density at radius 3 is 2.57 bits per heavy atom. The van der Waals surface area contributed by atoms with E-state index in [9.17, 15) is 0 Å². The summed E-state index contributed by atoms with van der Waals surface area (Å²) in [7, 11) is 3.36. The first-order valence-corrected chi connectivity index (χ1v) is 11.2. The summed E-state index contributed by atoms with van der Waals surface area (Å²) in [6, 6.07) is 6.28. The molecule has 0 radical (unpaired) electrons. The molecule has 1 aliphatic heterocycles. The van der Waals surface area contributed by atoms with Crippen molar-refractivity contribution in [3.8, 4) is 11.5 Å². The van der Waals surface area contributed by atoms with Gasteiger partial charge in [-0.05, 0) is 43.5 Å². The highest BCUT2D eigenvalue weighted by atomic mass is 16.5.